The number of pyridine rings is 1. The monoisotopic (exact) mass is 341 g/mol. The summed E-state index contributed by atoms with van der Waals surface area (Å²) in [5.74, 6) is 0.574. The van der Waals surface area contributed by atoms with Gasteiger partial charge in [-0.05, 0) is 31.5 Å². The Morgan fingerprint density at radius 1 is 1.20 bits per heavy atom. The van der Waals surface area contributed by atoms with Gasteiger partial charge in [-0.25, -0.2) is 0 Å². The van der Waals surface area contributed by atoms with Crippen molar-refractivity contribution in [3.8, 4) is 11.3 Å². The van der Waals surface area contributed by atoms with Crippen LogP contribution in [0, 0.1) is 6.92 Å². The van der Waals surface area contributed by atoms with Gasteiger partial charge in [-0.15, -0.1) is 0 Å². The summed E-state index contributed by atoms with van der Waals surface area (Å²) in [5.41, 5.74) is 3.78. The average Bonchev–Trinajstić information content (AvgIpc) is 3.21. The second-order valence-corrected chi connectivity index (χ2v) is 6.74. The predicted molar refractivity (Wildman–Crippen MR) is 94.8 cm³/mol. The van der Waals surface area contributed by atoms with Gasteiger partial charge in [0.15, 0.2) is 11.6 Å². The molecule has 1 spiro atoms. The Kier molecular flexibility index (Phi) is 4.09. The summed E-state index contributed by atoms with van der Waals surface area (Å²) in [6, 6.07) is 3.91. The molecule has 0 bridgehead atoms. The number of ether oxygens (including phenoxy) is 2. The van der Waals surface area contributed by atoms with Crippen molar-refractivity contribution in [2.75, 3.05) is 31.2 Å². The SMILES string of the molecule is CC(=O)c1c(N2CCC3(CC2)OCCO3)[nH]c(-c2ccncc2)c1C. The Labute approximate surface area is 147 Å². The van der Waals surface area contributed by atoms with Crippen LogP contribution in [-0.4, -0.2) is 47.8 Å². The van der Waals surface area contributed by atoms with E-state index in [0.29, 0.717) is 13.2 Å². The molecule has 25 heavy (non-hydrogen) atoms. The van der Waals surface area contributed by atoms with Crippen LogP contribution in [-0.2, 0) is 9.47 Å². The van der Waals surface area contributed by atoms with Crippen LogP contribution in [0.2, 0.25) is 0 Å². The Morgan fingerprint density at radius 2 is 1.84 bits per heavy atom. The van der Waals surface area contributed by atoms with Gasteiger partial charge in [0, 0.05) is 43.9 Å². The third-order valence-electron chi connectivity index (χ3n) is 5.21. The number of aromatic amines is 1. The van der Waals surface area contributed by atoms with Crippen molar-refractivity contribution in [2.45, 2.75) is 32.5 Å². The van der Waals surface area contributed by atoms with Crippen LogP contribution in [0.4, 0.5) is 5.82 Å². The number of Topliss-reactive ketones (excluding diaryl/α,β-unsaturated/α-hetero) is 1. The number of nitrogens with one attached hydrogen (secondary N) is 1. The third kappa shape index (κ3) is 2.85. The number of ketones is 1. The van der Waals surface area contributed by atoms with Crippen molar-refractivity contribution >= 4 is 11.6 Å². The van der Waals surface area contributed by atoms with Gasteiger partial charge in [-0.1, -0.05) is 0 Å². The summed E-state index contributed by atoms with van der Waals surface area (Å²) in [6.45, 7) is 6.58. The van der Waals surface area contributed by atoms with Gasteiger partial charge < -0.3 is 19.4 Å². The Hall–Kier alpha value is -2.18. The number of nitrogens with zero attached hydrogens (tertiary/aromatic N) is 2. The molecule has 0 amide bonds. The van der Waals surface area contributed by atoms with Gasteiger partial charge in [0.25, 0.3) is 0 Å². The van der Waals surface area contributed by atoms with Crippen LogP contribution < -0.4 is 4.90 Å². The van der Waals surface area contributed by atoms with E-state index in [1.54, 1.807) is 19.3 Å². The van der Waals surface area contributed by atoms with Gasteiger partial charge in [0.1, 0.15) is 5.82 Å². The van der Waals surface area contributed by atoms with Crippen molar-refractivity contribution in [1.82, 2.24) is 9.97 Å². The molecule has 6 nitrogen and oxygen atoms in total. The maximum atomic E-state index is 12.3. The second kappa shape index (κ2) is 6.28. The molecule has 0 aliphatic carbocycles. The average molecular weight is 341 g/mol. The molecule has 2 fully saturated rings. The molecule has 0 radical (unpaired) electrons. The number of hydrogen-bond acceptors (Lipinski definition) is 5. The minimum Gasteiger partial charge on any atom is -0.357 e. The quantitative estimate of drug-likeness (QED) is 0.870. The molecule has 0 unspecified atom stereocenters. The minimum absolute atomic E-state index is 0.0812. The lowest BCUT2D eigenvalue weighted by atomic mass is 10.0. The summed E-state index contributed by atoms with van der Waals surface area (Å²) in [6.07, 6.45) is 5.16. The molecule has 4 heterocycles. The molecule has 2 aliphatic rings. The lowest BCUT2D eigenvalue weighted by Crippen LogP contribution is -2.45. The highest BCUT2D eigenvalue weighted by Crippen LogP contribution is 2.37. The summed E-state index contributed by atoms with van der Waals surface area (Å²) in [7, 11) is 0. The molecule has 1 N–H and O–H groups in total. The molecular formula is C19H23N3O3. The molecule has 0 saturated carbocycles. The molecule has 0 aromatic carbocycles. The highest BCUT2D eigenvalue weighted by molar-refractivity contribution is 6.02. The van der Waals surface area contributed by atoms with Gasteiger partial charge in [0.2, 0.25) is 0 Å². The van der Waals surface area contributed by atoms with E-state index in [0.717, 1.165) is 54.1 Å². The van der Waals surface area contributed by atoms with Gasteiger partial charge >= 0.3 is 0 Å². The molecule has 2 aromatic rings. The number of rotatable bonds is 3. The maximum absolute atomic E-state index is 12.3. The number of carbonyl (C=O) groups is 1. The van der Waals surface area contributed by atoms with Crippen LogP contribution in [0.3, 0.4) is 0 Å². The lowest BCUT2D eigenvalue weighted by molar-refractivity contribution is -0.169. The largest absolute Gasteiger partial charge is 0.357 e. The zero-order valence-electron chi connectivity index (χ0n) is 14.7. The second-order valence-electron chi connectivity index (χ2n) is 6.74. The highest BCUT2D eigenvalue weighted by Gasteiger charge is 2.40. The van der Waals surface area contributed by atoms with Crippen LogP contribution in [0.1, 0.15) is 35.7 Å². The van der Waals surface area contributed by atoms with Crippen molar-refractivity contribution in [3.63, 3.8) is 0 Å². The van der Waals surface area contributed by atoms with E-state index in [1.165, 1.54) is 0 Å². The van der Waals surface area contributed by atoms with Gasteiger partial charge in [-0.3, -0.25) is 9.78 Å². The molecule has 132 valence electrons. The van der Waals surface area contributed by atoms with Crippen molar-refractivity contribution in [3.05, 3.63) is 35.7 Å². The third-order valence-corrected chi connectivity index (χ3v) is 5.21. The number of H-pyrrole nitrogens is 1. The van der Waals surface area contributed by atoms with Crippen molar-refractivity contribution in [2.24, 2.45) is 0 Å². The van der Waals surface area contributed by atoms with Crippen molar-refractivity contribution in [1.29, 1.82) is 0 Å². The van der Waals surface area contributed by atoms with Crippen LogP contribution in [0.15, 0.2) is 24.5 Å². The van der Waals surface area contributed by atoms with Gasteiger partial charge in [0.05, 0.1) is 24.5 Å². The maximum Gasteiger partial charge on any atom is 0.171 e. The van der Waals surface area contributed by atoms with Gasteiger partial charge in [-0.2, -0.15) is 0 Å². The first kappa shape index (κ1) is 16.3. The van der Waals surface area contributed by atoms with E-state index in [9.17, 15) is 4.79 Å². The van der Waals surface area contributed by atoms with E-state index in [-0.39, 0.29) is 5.78 Å². The number of aromatic nitrogens is 2. The van der Waals surface area contributed by atoms with E-state index >= 15 is 0 Å². The first-order valence-electron chi connectivity index (χ1n) is 8.76. The highest BCUT2D eigenvalue weighted by atomic mass is 16.7. The molecule has 4 rings (SSSR count). The van der Waals surface area contributed by atoms with E-state index in [2.05, 4.69) is 14.9 Å². The number of hydrogen-bond donors (Lipinski definition) is 1. The van der Waals surface area contributed by atoms with E-state index in [1.807, 2.05) is 19.1 Å². The normalized spacial score (nSPS) is 19.5. The van der Waals surface area contributed by atoms with Crippen LogP contribution >= 0.6 is 0 Å². The number of anilines is 1. The predicted octanol–water partition coefficient (Wildman–Crippen LogP) is 2.93. The van der Waals surface area contributed by atoms with E-state index in [4.69, 9.17) is 9.47 Å². The summed E-state index contributed by atoms with van der Waals surface area (Å²) >= 11 is 0. The zero-order valence-corrected chi connectivity index (χ0v) is 14.7. The Balaban J connectivity index is 1.66. The molecule has 2 aliphatic heterocycles. The lowest BCUT2D eigenvalue weighted by Gasteiger charge is -2.38. The fourth-order valence-corrected chi connectivity index (χ4v) is 3.91. The number of piperidine rings is 1. The number of carbonyl (C=O) groups excluding carboxylic acids is 1. The fraction of sp³-hybridized carbons (Fsp3) is 0.474. The topological polar surface area (TPSA) is 67.5 Å². The van der Waals surface area contributed by atoms with E-state index < -0.39 is 5.79 Å². The molecular weight excluding hydrogens is 318 g/mol. The minimum atomic E-state index is -0.414. The summed E-state index contributed by atoms with van der Waals surface area (Å²) < 4.78 is 11.6. The Bertz CT molecular complexity index is 769. The van der Waals surface area contributed by atoms with Crippen LogP contribution in [0.25, 0.3) is 11.3 Å². The fourth-order valence-electron chi connectivity index (χ4n) is 3.91. The smallest absolute Gasteiger partial charge is 0.171 e. The standard InChI is InChI=1S/C19H23N3O3/c1-13-16(14(2)23)18(21-17(13)15-3-7-20-8-4-15)22-9-5-19(6-10-22)24-11-12-25-19/h3-4,7-8,21H,5-6,9-12H2,1-2H3. The summed E-state index contributed by atoms with van der Waals surface area (Å²) in [4.78, 5) is 22.1. The zero-order chi connectivity index (χ0) is 17.4. The molecule has 2 aromatic heterocycles. The van der Waals surface area contributed by atoms with Crippen molar-refractivity contribution < 1.29 is 14.3 Å². The molecule has 6 heteroatoms. The molecule has 2 saturated heterocycles. The first-order valence-corrected chi connectivity index (χ1v) is 8.76. The van der Waals surface area contributed by atoms with Crippen LogP contribution in [0.5, 0.6) is 0 Å². The Morgan fingerprint density at radius 3 is 2.44 bits per heavy atom. The summed E-state index contributed by atoms with van der Waals surface area (Å²) in [5, 5.41) is 0. The molecule has 0 atom stereocenters. The first-order chi connectivity index (χ1) is 12.1.